The summed E-state index contributed by atoms with van der Waals surface area (Å²) in [6.45, 7) is 5.00. The third-order valence-electron chi connectivity index (χ3n) is 2.29. The van der Waals surface area contributed by atoms with Crippen LogP contribution in [0, 0.1) is 5.92 Å². The van der Waals surface area contributed by atoms with Gasteiger partial charge < -0.3 is 15.2 Å². The lowest BCUT2D eigenvalue weighted by Crippen LogP contribution is -2.37. The lowest BCUT2D eigenvalue weighted by Gasteiger charge is -2.24. The van der Waals surface area contributed by atoms with E-state index >= 15 is 0 Å². The van der Waals surface area contributed by atoms with Crippen molar-refractivity contribution in [1.82, 2.24) is 5.32 Å². The number of nitrogens with one attached hydrogen (secondary N) is 1. The zero-order valence-electron chi connectivity index (χ0n) is 7.75. The second-order valence-corrected chi connectivity index (χ2v) is 3.58. The third kappa shape index (κ3) is 3.52. The van der Waals surface area contributed by atoms with Gasteiger partial charge in [-0.25, -0.2) is 0 Å². The molecule has 2 N–H and O–H groups in total. The molecule has 0 radical (unpaired) electrons. The number of ether oxygens (including phenoxy) is 1. The fourth-order valence-electron chi connectivity index (χ4n) is 1.33. The minimum atomic E-state index is 0.274. The number of rotatable bonds is 4. The molecule has 1 heterocycles. The molecule has 3 heteroatoms. The van der Waals surface area contributed by atoms with Crippen molar-refractivity contribution in [3.63, 3.8) is 0 Å². The van der Waals surface area contributed by atoms with Crippen molar-refractivity contribution in [3.8, 4) is 0 Å². The maximum Gasteiger partial charge on any atom is 0.0480 e. The van der Waals surface area contributed by atoms with E-state index in [4.69, 9.17) is 9.84 Å². The first-order valence-electron chi connectivity index (χ1n) is 4.75. The number of hydrogen-bond donors (Lipinski definition) is 2. The van der Waals surface area contributed by atoms with E-state index in [0.29, 0.717) is 12.0 Å². The lowest BCUT2D eigenvalue weighted by molar-refractivity contribution is 0.0761. The van der Waals surface area contributed by atoms with Gasteiger partial charge in [0.2, 0.25) is 0 Å². The maximum absolute atomic E-state index is 8.80. The van der Waals surface area contributed by atoms with Crippen LogP contribution in [0.25, 0.3) is 0 Å². The molecule has 1 unspecified atom stereocenters. The molecule has 1 rings (SSSR count). The Labute approximate surface area is 74.1 Å². The lowest BCUT2D eigenvalue weighted by atomic mass is 10.1. The second kappa shape index (κ2) is 5.51. The van der Waals surface area contributed by atoms with E-state index < -0.39 is 0 Å². The Bertz CT molecular complexity index is 113. The van der Waals surface area contributed by atoms with Gasteiger partial charge in [0.1, 0.15) is 0 Å². The van der Waals surface area contributed by atoms with E-state index in [2.05, 4.69) is 5.32 Å². The summed E-state index contributed by atoms with van der Waals surface area (Å²) in [5.41, 5.74) is 0. The molecular formula is C9H19NO2. The molecule has 0 spiro atoms. The Morgan fingerprint density at radius 2 is 2.17 bits per heavy atom. The fraction of sp³-hybridized carbons (Fsp3) is 1.00. The van der Waals surface area contributed by atoms with Gasteiger partial charge in [-0.1, -0.05) is 6.92 Å². The summed E-state index contributed by atoms with van der Waals surface area (Å²) in [4.78, 5) is 0. The minimum absolute atomic E-state index is 0.274. The Morgan fingerprint density at radius 3 is 2.75 bits per heavy atom. The second-order valence-electron chi connectivity index (χ2n) is 3.58. The summed E-state index contributed by atoms with van der Waals surface area (Å²) in [7, 11) is 0. The van der Waals surface area contributed by atoms with E-state index in [9.17, 15) is 0 Å². The molecular weight excluding hydrogens is 154 g/mol. The van der Waals surface area contributed by atoms with Crippen LogP contribution in [0.1, 0.15) is 19.8 Å². The Morgan fingerprint density at radius 1 is 1.50 bits per heavy atom. The average molecular weight is 173 g/mol. The molecule has 1 fully saturated rings. The predicted octanol–water partition coefficient (Wildman–Crippen LogP) is 0.383. The Hall–Kier alpha value is -0.120. The molecule has 1 atom stereocenters. The zero-order chi connectivity index (χ0) is 8.81. The van der Waals surface area contributed by atoms with Crippen molar-refractivity contribution >= 4 is 0 Å². The van der Waals surface area contributed by atoms with Crippen LogP contribution in [0.3, 0.4) is 0 Å². The van der Waals surface area contributed by atoms with E-state index in [0.717, 1.165) is 32.6 Å². The van der Waals surface area contributed by atoms with Crippen LogP contribution < -0.4 is 5.32 Å². The van der Waals surface area contributed by atoms with Crippen LogP contribution in [-0.4, -0.2) is 37.5 Å². The first kappa shape index (κ1) is 9.96. The summed E-state index contributed by atoms with van der Waals surface area (Å²) in [5.74, 6) is 0.368. The summed E-state index contributed by atoms with van der Waals surface area (Å²) < 4.78 is 5.24. The average Bonchev–Trinajstić information content (AvgIpc) is 2.16. The zero-order valence-corrected chi connectivity index (χ0v) is 7.75. The summed E-state index contributed by atoms with van der Waals surface area (Å²) >= 11 is 0. The quantitative estimate of drug-likeness (QED) is 0.646. The maximum atomic E-state index is 8.80. The van der Waals surface area contributed by atoms with Crippen molar-refractivity contribution < 1.29 is 9.84 Å². The number of hydrogen-bond acceptors (Lipinski definition) is 3. The van der Waals surface area contributed by atoms with E-state index in [1.165, 1.54) is 0 Å². The Balaban J connectivity index is 2.05. The van der Waals surface area contributed by atoms with E-state index in [-0.39, 0.29) is 6.61 Å². The van der Waals surface area contributed by atoms with Gasteiger partial charge in [0.15, 0.2) is 0 Å². The summed E-state index contributed by atoms with van der Waals surface area (Å²) in [6, 6.07) is 0.604. The predicted molar refractivity (Wildman–Crippen MR) is 48.1 cm³/mol. The van der Waals surface area contributed by atoms with Crippen LogP contribution >= 0.6 is 0 Å². The van der Waals surface area contributed by atoms with Gasteiger partial charge in [-0.15, -0.1) is 0 Å². The standard InChI is InChI=1S/C9H19NO2/c1-8(7-11)6-10-9-2-4-12-5-3-9/h8-11H,2-7H2,1H3. The fourth-order valence-corrected chi connectivity index (χ4v) is 1.33. The van der Waals surface area contributed by atoms with Crippen LogP contribution in [0.5, 0.6) is 0 Å². The highest BCUT2D eigenvalue weighted by molar-refractivity contribution is 4.70. The van der Waals surface area contributed by atoms with Crippen molar-refractivity contribution in [2.24, 2.45) is 5.92 Å². The van der Waals surface area contributed by atoms with Crippen LogP contribution in [-0.2, 0) is 4.74 Å². The van der Waals surface area contributed by atoms with E-state index in [1.807, 2.05) is 6.92 Å². The number of aliphatic hydroxyl groups excluding tert-OH is 1. The largest absolute Gasteiger partial charge is 0.396 e. The van der Waals surface area contributed by atoms with Crippen molar-refractivity contribution in [2.45, 2.75) is 25.8 Å². The normalized spacial score (nSPS) is 22.5. The van der Waals surface area contributed by atoms with Crippen LogP contribution in [0.4, 0.5) is 0 Å². The SMILES string of the molecule is CC(CO)CNC1CCOCC1. The van der Waals surface area contributed by atoms with Crippen LogP contribution in [0.2, 0.25) is 0 Å². The van der Waals surface area contributed by atoms with Gasteiger partial charge >= 0.3 is 0 Å². The van der Waals surface area contributed by atoms with Gasteiger partial charge in [0.05, 0.1) is 0 Å². The molecule has 12 heavy (non-hydrogen) atoms. The number of aliphatic hydroxyl groups is 1. The summed E-state index contributed by atoms with van der Waals surface area (Å²) in [6.07, 6.45) is 2.22. The van der Waals surface area contributed by atoms with Crippen LogP contribution in [0.15, 0.2) is 0 Å². The van der Waals surface area contributed by atoms with Gasteiger partial charge in [-0.2, -0.15) is 0 Å². The molecule has 1 aliphatic rings. The molecule has 0 aliphatic carbocycles. The first-order valence-corrected chi connectivity index (χ1v) is 4.75. The summed E-state index contributed by atoms with van der Waals surface area (Å²) in [5, 5.41) is 12.2. The molecule has 72 valence electrons. The smallest absolute Gasteiger partial charge is 0.0480 e. The minimum Gasteiger partial charge on any atom is -0.396 e. The molecule has 0 aromatic rings. The Kier molecular flexibility index (Phi) is 4.58. The van der Waals surface area contributed by atoms with Crippen molar-refractivity contribution in [3.05, 3.63) is 0 Å². The molecule has 1 aliphatic heterocycles. The molecule has 0 bridgehead atoms. The highest BCUT2D eigenvalue weighted by Gasteiger charge is 2.13. The molecule has 0 aromatic carbocycles. The van der Waals surface area contributed by atoms with Gasteiger partial charge in [0.25, 0.3) is 0 Å². The topological polar surface area (TPSA) is 41.5 Å². The highest BCUT2D eigenvalue weighted by Crippen LogP contribution is 2.06. The van der Waals surface area contributed by atoms with Gasteiger partial charge in [-0.3, -0.25) is 0 Å². The highest BCUT2D eigenvalue weighted by atomic mass is 16.5. The molecule has 0 amide bonds. The molecule has 0 aromatic heterocycles. The van der Waals surface area contributed by atoms with Crippen molar-refractivity contribution in [1.29, 1.82) is 0 Å². The molecule has 0 saturated carbocycles. The first-order chi connectivity index (χ1) is 5.83. The molecule has 1 saturated heterocycles. The monoisotopic (exact) mass is 173 g/mol. The van der Waals surface area contributed by atoms with Gasteiger partial charge in [-0.05, 0) is 18.8 Å². The third-order valence-corrected chi connectivity index (χ3v) is 2.29. The van der Waals surface area contributed by atoms with Crippen molar-refractivity contribution in [2.75, 3.05) is 26.4 Å². The van der Waals surface area contributed by atoms with E-state index in [1.54, 1.807) is 0 Å². The molecule has 3 nitrogen and oxygen atoms in total. The van der Waals surface area contributed by atoms with Gasteiger partial charge in [0, 0.05) is 32.4 Å².